The van der Waals surface area contributed by atoms with E-state index in [2.05, 4.69) is 20.6 Å². The van der Waals surface area contributed by atoms with Crippen LogP contribution < -0.4 is 32.2 Å². The van der Waals surface area contributed by atoms with Gasteiger partial charge in [-0.3, -0.25) is 19.2 Å². The molecule has 8 heteroatoms. The number of anilines is 2. The normalized spacial score (nSPS) is 11.9. The molecule has 0 saturated heterocycles. The fraction of sp³-hybridized carbons (Fsp3) is 0.0909. The second-order valence-corrected chi connectivity index (χ2v) is 6.44. The summed E-state index contributed by atoms with van der Waals surface area (Å²) in [4.78, 5) is 55.6. The maximum atomic E-state index is 12.4. The van der Waals surface area contributed by atoms with Crippen molar-refractivity contribution in [3.05, 3.63) is 91.8 Å². The van der Waals surface area contributed by atoms with Gasteiger partial charge in [-0.1, -0.05) is 0 Å². The summed E-state index contributed by atoms with van der Waals surface area (Å²) in [7, 11) is 0. The lowest BCUT2D eigenvalue weighted by Gasteiger charge is -2.02. The van der Waals surface area contributed by atoms with Gasteiger partial charge in [0.1, 0.15) is 10.7 Å². The van der Waals surface area contributed by atoms with Crippen LogP contribution in [0.15, 0.2) is 80.2 Å². The minimum absolute atomic E-state index is 0.0688. The molecule has 30 heavy (non-hydrogen) atoms. The zero-order valence-corrected chi connectivity index (χ0v) is 16.3. The van der Waals surface area contributed by atoms with Crippen molar-refractivity contribution in [1.82, 2.24) is 0 Å². The zero-order chi connectivity index (χ0) is 21.7. The molecule has 2 amide bonds. The van der Waals surface area contributed by atoms with Crippen LogP contribution in [0.3, 0.4) is 0 Å². The molecule has 150 valence electrons. The number of rotatable bonds is 4. The summed E-state index contributed by atoms with van der Waals surface area (Å²) in [5, 5.41) is 5.14. The molecule has 0 unspecified atom stereocenters. The van der Waals surface area contributed by atoms with Crippen LogP contribution in [-0.4, -0.2) is 11.8 Å². The Bertz CT molecular complexity index is 1210. The molecule has 0 aliphatic heterocycles. The molecular formula is C22H18N4O4. The molecule has 0 radical (unpaired) electrons. The van der Waals surface area contributed by atoms with E-state index in [1.165, 1.54) is 13.8 Å². The third-order valence-electron chi connectivity index (χ3n) is 3.93. The van der Waals surface area contributed by atoms with E-state index in [1.807, 2.05) is 0 Å². The Kier molecular flexibility index (Phi) is 6.07. The lowest BCUT2D eigenvalue weighted by molar-refractivity contribution is -0.115. The van der Waals surface area contributed by atoms with E-state index >= 15 is 0 Å². The smallest absolute Gasteiger partial charge is 0.221 e. The monoisotopic (exact) mass is 402 g/mol. The van der Waals surface area contributed by atoms with Crippen molar-refractivity contribution in [1.29, 1.82) is 0 Å². The topological polar surface area (TPSA) is 117 Å². The van der Waals surface area contributed by atoms with Crippen LogP contribution in [0, 0.1) is 0 Å². The lowest BCUT2D eigenvalue weighted by Crippen LogP contribution is -2.47. The van der Waals surface area contributed by atoms with Crippen LogP contribution >= 0.6 is 0 Å². The van der Waals surface area contributed by atoms with E-state index in [0.717, 1.165) is 12.1 Å². The second-order valence-electron chi connectivity index (χ2n) is 6.44. The third kappa shape index (κ3) is 5.20. The Morgan fingerprint density at radius 3 is 1.23 bits per heavy atom. The molecule has 0 bridgehead atoms. The summed E-state index contributed by atoms with van der Waals surface area (Å²) in [5.41, 5.74) is 1.17. The Balaban J connectivity index is 2.08. The Morgan fingerprint density at radius 1 is 0.600 bits per heavy atom. The lowest BCUT2D eigenvalue weighted by atomic mass is 10.2. The van der Waals surface area contributed by atoms with Crippen molar-refractivity contribution in [2.45, 2.75) is 13.8 Å². The second kappa shape index (κ2) is 8.87. The highest BCUT2D eigenvalue weighted by molar-refractivity contribution is 5.89. The molecular weight excluding hydrogens is 384 g/mol. The molecule has 0 fully saturated rings. The van der Waals surface area contributed by atoms with Crippen LogP contribution in [0.5, 0.6) is 0 Å². The molecule has 0 aromatic heterocycles. The molecule has 0 atom stereocenters. The highest BCUT2D eigenvalue weighted by Gasteiger charge is 2.03. The summed E-state index contributed by atoms with van der Waals surface area (Å²) in [6.07, 6.45) is 0. The summed E-state index contributed by atoms with van der Waals surface area (Å²) in [6.45, 7) is 2.80. The fourth-order valence-corrected chi connectivity index (χ4v) is 2.66. The fourth-order valence-electron chi connectivity index (χ4n) is 2.66. The molecule has 0 saturated carbocycles. The van der Waals surface area contributed by atoms with E-state index in [9.17, 15) is 19.2 Å². The number of amides is 2. The highest BCUT2D eigenvalue weighted by atomic mass is 16.2. The van der Waals surface area contributed by atoms with E-state index in [4.69, 9.17) is 0 Å². The van der Waals surface area contributed by atoms with Gasteiger partial charge in [0.25, 0.3) is 0 Å². The summed E-state index contributed by atoms with van der Waals surface area (Å²) < 4.78 is 0. The summed E-state index contributed by atoms with van der Waals surface area (Å²) in [5.74, 6) is -0.405. The van der Waals surface area contributed by atoms with E-state index in [0.29, 0.717) is 22.7 Å². The van der Waals surface area contributed by atoms with Gasteiger partial charge in [-0.15, -0.1) is 0 Å². The maximum Gasteiger partial charge on any atom is 0.221 e. The molecule has 0 spiro atoms. The molecule has 8 nitrogen and oxygen atoms in total. The van der Waals surface area contributed by atoms with Gasteiger partial charge in [0, 0.05) is 25.2 Å². The van der Waals surface area contributed by atoms with Crippen molar-refractivity contribution in [3.63, 3.8) is 0 Å². The van der Waals surface area contributed by atoms with Gasteiger partial charge in [0.05, 0.1) is 11.4 Å². The number of nitrogens with one attached hydrogen (secondary N) is 2. The number of nitrogens with zero attached hydrogens (tertiary/aromatic N) is 2. The molecule has 0 heterocycles. The Morgan fingerprint density at radius 2 is 0.933 bits per heavy atom. The van der Waals surface area contributed by atoms with Crippen molar-refractivity contribution in [3.8, 4) is 0 Å². The predicted octanol–water partition coefficient (Wildman–Crippen LogP) is 1.66. The standard InChI is InChI=1S/C22H18N4O4/c1-13(27)23-15-3-7-17(8-4-15)25-21-19(29)11-12-20(30)22(21)26-18-9-5-16(6-10-18)24-14(2)28/h3-12H,1-2H3,(H,23,27)(H,24,28). The molecule has 3 rings (SSSR count). The van der Waals surface area contributed by atoms with Crippen molar-refractivity contribution < 1.29 is 9.59 Å². The maximum absolute atomic E-state index is 12.4. The van der Waals surface area contributed by atoms with Crippen molar-refractivity contribution >= 4 is 34.6 Å². The average molecular weight is 402 g/mol. The van der Waals surface area contributed by atoms with E-state index in [-0.39, 0.29) is 22.5 Å². The first kappa shape index (κ1) is 20.5. The number of carbonyl (C=O) groups excluding carboxylic acids is 2. The largest absolute Gasteiger partial charge is 0.326 e. The van der Waals surface area contributed by atoms with Gasteiger partial charge in [0.15, 0.2) is 0 Å². The Hall–Kier alpha value is -4.20. The van der Waals surface area contributed by atoms with Crippen LogP contribution in [0.25, 0.3) is 0 Å². The molecule has 3 aromatic carbocycles. The molecule has 0 aliphatic carbocycles. The summed E-state index contributed by atoms with van der Waals surface area (Å²) >= 11 is 0. The molecule has 0 aliphatic rings. The van der Waals surface area contributed by atoms with Crippen molar-refractivity contribution in [2.24, 2.45) is 9.98 Å². The summed E-state index contributed by atoms with van der Waals surface area (Å²) in [6, 6.07) is 15.4. The van der Waals surface area contributed by atoms with Crippen molar-refractivity contribution in [2.75, 3.05) is 10.6 Å². The van der Waals surface area contributed by atoms with Gasteiger partial charge in [-0.25, -0.2) is 9.98 Å². The minimum Gasteiger partial charge on any atom is -0.326 e. The number of hydrogen-bond donors (Lipinski definition) is 2. The highest BCUT2D eigenvalue weighted by Crippen LogP contribution is 2.16. The minimum atomic E-state index is -0.436. The van der Waals surface area contributed by atoms with Gasteiger partial charge in [-0.2, -0.15) is 0 Å². The van der Waals surface area contributed by atoms with Gasteiger partial charge >= 0.3 is 0 Å². The van der Waals surface area contributed by atoms with Crippen LogP contribution in [-0.2, 0) is 9.59 Å². The first-order valence-corrected chi connectivity index (χ1v) is 9.01. The first-order valence-electron chi connectivity index (χ1n) is 9.01. The Labute approximate surface area is 171 Å². The predicted molar refractivity (Wildman–Crippen MR) is 113 cm³/mol. The SMILES string of the molecule is CC(=O)Nc1ccc(N=c2c(=O)ccc(=O)c2=Nc2ccc(NC(C)=O)cc2)cc1. The molecule has 2 N–H and O–H groups in total. The van der Waals surface area contributed by atoms with Gasteiger partial charge in [-0.05, 0) is 60.7 Å². The van der Waals surface area contributed by atoms with E-state index in [1.54, 1.807) is 48.5 Å². The number of hydrogen-bond acceptors (Lipinski definition) is 6. The van der Waals surface area contributed by atoms with Gasteiger partial charge in [0.2, 0.25) is 22.7 Å². The quantitative estimate of drug-likeness (QED) is 0.690. The van der Waals surface area contributed by atoms with Crippen LogP contribution in [0.2, 0.25) is 0 Å². The molecule has 3 aromatic rings. The number of carbonyl (C=O) groups is 2. The van der Waals surface area contributed by atoms with Crippen LogP contribution in [0.1, 0.15) is 13.8 Å². The first-order chi connectivity index (χ1) is 14.3. The zero-order valence-electron chi connectivity index (χ0n) is 16.3. The average Bonchev–Trinajstić information content (AvgIpc) is 2.69. The third-order valence-corrected chi connectivity index (χ3v) is 3.93. The van der Waals surface area contributed by atoms with E-state index < -0.39 is 10.9 Å². The van der Waals surface area contributed by atoms with Crippen LogP contribution in [0.4, 0.5) is 22.7 Å². The number of benzene rings is 3. The van der Waals surface area contributed by atoms with Gasteiger partial charge < -0.3 is 10.6 Å².